The van der Waals surface area contributed by atoms with Crippen molar-refractivity contribution in [1.82, 2.24) is 24.6 Å². The summed E-state index contributed by atoms with van der Waals surface area (Å²) in [6.07, 6.45) is 6.74. The Balaban J connectivity index is 2.41. The van der Waals surface area contributed by atoms with Gasteiger partial charge in [-0.25, -0.2) is 4.98 Å². The maximum Gasteiger partial charge on any atom is 0.0947 e. The third-order valence-corrected chi connectivity index (χ3v) is 3.46. The van der Waals surface area contributed by atoms with Crippen molar-refractivity contribution in [3.63, 3.8) is 0 Å². The van der Waals surface area contributed by atoms with Gasteiger partial charge in [0.1, 0.15) is 0 Å². The quantitative estimate of drug-likeness (QED) is 0.920. The summed E-state index contributed by atoms with van der Waals surface area (Å²) in [4.78, 5) is 4.42. The number of halogens is 1. The van der Waals surface area contributed by atoms with Gasteiger partial charge in [-0.05, 0) is 29.4 Å². The minimum Gasteiger partial charge on any atom is -0.340 e. The number of rotatable bonds is 5. The summed E-state index contributed by atoms with van der Waals surface area (Å²) in [5.41, 5.74) is 2.12. The van der Waals surface area contributed by atoms with E-state index in [1.807, 2.05) is 42.1 Å². The van der Waals surface area contributed by atoms with Crippen LogP contribution in [0.3, 0.4) is 0 Å². The van der Waals surface area contributed by atoms with Gasteiger partial charge in [0.25, 0.3) is 0 Å². The predicted octanol–water partition coefficient (Wildman–Crippen LogP) is 2.10. The lowest BCUT2D eigenvalue weighted by molar-refractivity contribution is 0.529. The fourth-order valence-corrected chi connectivity index (χ4v) is 2.58. The molecule has 5 nitrogen and oxygen atoms in total. The van der Waals surface area contributed by atoms with Crippen molar-refractivity contribution in [2.24, 2.45) is 7.05 Å². The number of hydrogen-bond donors (Lipinski definition) is 1. The Hall–Kier alpha value is -1.14. The van der Waals surface area contributed by atoms with Crippen LogP contribution in [0, 0.1) is 0 Å². The third-order valence-electron chi connectivity index (χ3n) is 2.85. The average molecular weight is 312 g/mol. The maximum absolute atomic E-state index is 4.42. The lowest BCUT2D eigenvalue weighted by atomic mass is 10.1. The van der Waals surface area contributed by atoms with E-state index < -0.39 is 0 Å². The zero-order valence-electron chi connectivity index (χ0n) is 10.9. The molecular weight excluding hydrogens is 294 g/mol. The van der Waals surface area contributed by atoms with E-state index in [9.17, 15) is 0 Å². The van der Waals surface area contributed by atoms with Crippen LogP contribution in [-0.4, -0.2) is 26.4 Å². The molecule has 0 aliphatic carbocycles. The third kappa shape index (κ3) is 2.49. The Morgan fingerprint density at radius 2 is 2.28 bits per heavy atom. The first kappa shape index (κ1) is 13.3. The van der Waals surface area contributed by atoms with E-state index in [1.165, 1.54) is 0 Å². The van der Waals surface area contributed by atoms with Crippen molar-refractivity contribution in [3.8, 4) is 0 Å². The summed E-state index contributed by atoms with van der Waals surface area (Å²) < 4.78 is 4.99. The van der Waals surface area contributed by atoms with Crippen LogP contribution in [0.5, 0.6) is 0 Å². The fraction of sp³-hybridized carbons (Fsp3) is 0.500. The molecule has 2 aromatic heterocycles. The second-order valence-corrected chi connectivity index (χ2v) is 5.14. The second-order valence-electron chi connectivity index (χ2n) is 4.29. The molecule has 0 saturated heterocycles. The molecule has 0 bridgehead atoms. The van der Waals surface area contributed by atoms with Crippen molar-refractivity contribution in [2.45, 2.75) is 25.9 Å². The van der Waals surface area contributed by atoms with Gasteiger partial charge in [0, 0.05) is 19.8 Å². The molecule has 18 heavy (non-hydrogen) atoms. The summed E-state index contributed by atoms with van der Waals surface area (Å²) in [5.74, 6) is 0. The van der Waals surface area contributed by atoms with E-state index in [1.54, 1.807) is 0 Å². The standard InChI is InChI=1S/C12H18BrN5/c1-4-5-18-12(9(13)6-16-18)11(14-2)10-7-17(3)8-15-10/h6-8,11,14H,4-5H2,1-3H3. The van der Waals surface area contributed by atoms with Gasteiger partial charge < -0.3 is 9.88 Å². The Bertz CT molecular complexity index is 516. The molecule has 0 radical (unpaired) electrons. The van der Waals surface area contributed by atoms with Gasteiger partial charge in [0.05, 0.1) is 34.4 Å². The number of nitrogens with zero attached hydrogens (tertiary/aromatic N) is 4. The molecule has 1 N–H and O–H groups in total. The van der Waals surface area contributed by atoms with Crippen molar-refractivity contribution < 1.29 is 0 Å². The molecule has 98 valence electrons. The highest BCUT2D eigenvalue weighted by molar-refractivity contribution is 9.10. The lowest BCUT2D eigenvalue weighted by Crippen LogP contribution is -2.22. The van der Waals surface area contributed by atoms with Crippen LogP contribution in [0.2, 0.25) is 0 Å². The highest BCUT2D eigenvalue weighted by Crippen LogP contribution is 2.27. The zero-order chi connectivity index (χ0) is 13.1. The maximum atomic E-state index is 4.42. The van der Waals surface area contributed by atoms with Crippen LogP contribution < -0.4 is 5.32 Å². The summed E-state index contributed by atoms with van der Waals surface area (Å²) >= 11 is 3.57. The van der Waals surface area contributed by atoms with Gasteiger partial charge in [0.15, 0.2) is 0 Å². The molecule has 0 aromatic carbocycles. The Labute approximate surface area is 115 Å². The SMILES string of the molecule is CCCn1ncc(Br)c1C(NC)c1cn(C)cn1. The molecule has 1 atom stereocenters. The van der Waals surface area contributed by atoms with E-state index in [0.29, 0.717) is 0 Å². The van der Waals surface area contributed by atoms with Gasteiger partial charge in [-0.1, -0.05) is 6.92 Å². The molecule has 1 unspecified atom stereocenters. The van der Waals surface area contributed by atoms with E-state index in [4.69, 9.17) is 0 Å². The summed E-state index contributed by atoms with van der Waals surface area (Å²) in [7, 11) is 3.91. The first-order valence-corrected chi connectivity index (χ1v) is 6.83. The van der Waals surface area contributed by atoms with E-state index in [2.05, 4.69) is 38.3 Å². The predicted molar refractivity (Wildman–Crippen MR) is 74.3 cm³/mol. The highest BCUT2D eigenvalue weighted by atomic mass is 79.9. The number of imidazole rings is 1. The Kier molecular flexibility index (Phi) is 4.19. The molecule has 0 aliphatic rings. The van der Waals surface area contributed by atoms with Gasteiger partial charge in [0.2, 0.25) is 0 Å². The largest absolute Gasteiger partial charge is 0.340 e. The smallest absolute Gasteiger partial charge is 0.0947 e. The monoisotopic (exact) mass is 311 g/mol. The number of aromatic nitrogens is 4. The van der Waals surface area contributed by atoms with Crippen molar-refractivity contribution in [2.75, 3.05) is 7.05 Å². The first-order chi connectivity index (χ1) is 8.67. The molecule has 2 heterocycles. The molecule has 2 rings (SSSR count). The van der Waals surface area contributed by atoms with Gasteiger partial charge in [-0.15, -0.1) is 0 Å². The average Bonchev–Trinajstić information content (AvgIpc) is 2.91. The number of hydrogen-bond acceptors (Lipinski definition) is 3. The minimum absolute atomic E-state index is 0.0506. The van der Waals surface area contributed by atoms with Crippen LogP contribution in [-0.2, 0) is 13.6 Å². The van der Waals surface area contributed by atoms with Gasteiger partial charge in [-0.2, -0.15) is 5.10 Å². The second kappa shape index (κ2) is 5.67. The normalized spacial score (nSPS) is 12.9. The number of nitrogens with one attached hydrogen (secondary N) is 1. The minimum atomic E-state index is 0.0506. The van der Waals surface area contributed by atoms with Crippen molar-refractivity contribution >= 4 is 15.9 Å². The molecule has 2 aromatic rings. The van der Waals surface area contributed by atoms with Crippen LogP contribution in [0.15, 0.2) is 23.2 Å². The van der Waals surface area contributed by atoms with Gasteiger partial charge in [-0.3, -0.25) is 4.68 Å². The summed E-state index contributed by atoms with van der Waals surface area (Å²) in [6, 6.07) is 0.0506. The fourth-order valence-electron chi connectivity index (χ4n) is 2.06. The van der Waals surface area contributed by atoms with Crippen molar-refractivity contribution in [3.05, 3.63) is 34.6 Å². The highest BCUT2D eigenvalue weighted by Gasteiger charge is 2.22. The lowest BCUT2D eigenvalue weighted by Gasteiger charge is -2.16. The Morgan fingerprint density at radius 1 is 1.50 bits per heavy atom. The molecule has 0 fully saturated rings. The Morgan fingerprint density at radius 3 is 2.83 bits per heavy atom. The van der Waals surface area contributed by atoms with Crippen LogP contribution in [0.4, 0.5) is 0 Å². The van der Waals surface area contributed by atoms with Crippen LogP contribution in [0.25, 0.3) is 0 Å². The molecule has 0 spiro atoms. The summed E-state index contributed by atoms with van der Waals surface area (Å²) in [6.45, 7) is 3.06. The number of aryl methyl sites for hydroxylation is 2. The van der Waals surface area contributed by atoms with E-state index in [0.717, 1.165) is 28.8 Å². The van der Waals surface area contributed by atoms with Crippen LogP contribution >= 0.6 is 15.9 Å². The van der Waals surface area contributed by atoms with E-state index in [-0.39, 0.29) is 6.04 Å². The molecule has 0 aliphatic heterocycles. The van der Waals surface area contributed by atoms with Crippen LogP contribution in [0.1, 0.15) is 30.8 Å². The topological polar surface area (TPSA) is 47.7 Å². The van der Waals surface area contributed by atoms with Crippen molar-refractivity contribution in [1.29, 1.82) is 0 Å². The van der Waals surface area contributed by atoms with Gasteiger partial charge >= 0.3 is 0 Å². The first-order valence-electron chi connectivity index (χ1n) is 6.03. The van der Waals surface area contributed by atoms with E-state index >= 15 is 0 Å². The molecule has 0 amide bonds. The molecular formula is C12H18BrN5. The zero-order valence-corrected chi connectivity index (χ0v) is 12.5. The summed E-state index contributed by atoms with van der Waals surface area (Å²) in [5, 5.41) is 7.71. The molecule has 6 heteroatoms. The molecule has 0 saturated carbocycles.